The molecule has 2 aromatic rings. The van der Waals surface area contributed by atoms with Crippen molar-refractivity contribution in [3.8, 4) is 17.2 Å². The van der Waals surface area contributed by atoms with Crippen LogP contribution >= 0.6 is 0 Å². The Morgan fingerprint density at radius 1 is 1.04 bits per heavy atom. The largest absolute Gasteiger partial charge is 0.497 e. The number of amides is 1. The minimum atomic E-state index is 0.0763. The van der Waals surface area contributed by atoms with Gasteiger partial charge in [0.25, 0.3) is 0 Å². The first kappa shape index (κ1) is 17.1. The van der Waals surface area contributed by atoms with Crippen LogP contribution in [-0.4, -0.2) is 19.8 Å². The maximum absolute atomic E-state index is 12.0. The molecule has 0 spiro atoms. The van der Waals surface area contributed by atoms with E-state index in [2.05, 4.69) is 17.4 Å². The Bertz CT molecular complexity index is 712. The first-order chi connectivity index (χ1) is 12.2. The Hall–Kier alpha value is -2.69. The molecular formula is C20H23NO4. The molecule has 0 saturated carbocycles. The molecule has 0 unspecified atom stereocenters. The van der Waals surface area contributed by atoms with Crippen LogP contribution in [0.4, 0.5) is 0 Å². The molecule has 0 saturated heterocycles. The van der Waals surface area contributed by atoms with Crippen LogP contribution in [0.5, 0.6) is 17.2 Å². The first-order valence-electron chi connectivity index (χ1n) is 8.53. The van der Waals surface area contributed by atoms with E-state index in [-0.39, 0.29) is 12.7 Å². The number of hydrogen-bond donors (Lipinski definition) is 1. The highest BCUT2D eigenvalue weighted by Gasteiger charge is 2.13. The summed E-state index contributed by atoms with van der Waals surface area (Å²) < 4.78 is 15.8. The van der Waals surface area contributed by atoms with E-state index in [0.29, 0.717) is 13.0 Å². The smallest absolute Gasteiger partial charge is 0.231 e. The third kappa shape index (κ3) is 4.89. The van der Waals surface area contributed by atoms with Gasteiger partial charge in [-0.15, -0.1) is 0 Å². The zero-order chi connectivity index (χ0) is 17.5. The first-order valence-corrected chi connectivity index (χ1v) is 8.53. The summed E-state index contributed by atoms with van der Waals surface area (Å²) in [6, 6.07) is 13.8. The van der Waals surface area contributed by atoms with Gasteiger partial charge in [0.05, 0.1) is 7.11 Å². The molecular weight excluding hydrogens is 318 g/mol. The number of benzene rings is 2. The number of carbonyl (C=O) groups excluding carboxylic acids is 1. The van der Waals surface area contributed by atoms with Crippen LogP contribution in [0, 0.1) is 0 Å². The molecule has 0 radical (unpaired) electrons. The van der Waals surface area contributed by atoms with Crippen molar-refractivity contribution < 1.29 is 19.0 Å². The van der Waals surface area contributed by atoms with E-state index in [4.69, 9.17) is 14.2 Å². The molecule has 1 heterocycles. The molecule has 3 rings (SSSR count). The zero-order valence-electron chi connectivity index (χ0n) is 14.4. The number of methoxy groups -OCH3 is 1. The van der Waals surface area contributed by atoms with E-state index in [1.165, 1.54) is 5.56 Å². The van der Waals surface area contributed by atoms with E-state index in [1.807, 2.05) is 30.3 Å². The van der Waals surface area contributed by atoms with Crippen LogP contribution < -0.4 is 19.5 Å². The molecule has 2 aromatic carbocycles. The zero-order valence-corrected chi connectivity index (χ0v) is 14.4. The molecule has 5 nitrogen and oxygen atoms in total. The van der Waals surface area contributed by atoms with Gasteiger partial charge in [0, 0.05) is 13.0 Å². The van der Waals surface area contributed by atoms with Gasteiger partial charge in [-0.3, -0.25) is 4.79 Å². The Kier molecular flexibility index (Phi) is 5.77. The number of nitrogens with one attached hydrogen (secondary N) is 1. The minimum Gasteiger partial charge on any atom is -0.497 e. The van der Waals surface area contributed by atoms with Gasteiger partial charge in [-0.25, -0.2) is 0 Å². The van der Waals surface area contributed by atoms with Gasteiger partial charge in [0.1, 0.15) is 5.75 Å². The highest BCUT2D eigenvalue weighted by Crippen LogP contribution is 2.32. The quantitative estimate of drug-likeness (QED) is 0.747. The van der Waals surface area contributed by atoms with Crippen LogP contribution in [0.1, 0.15) is 30.4 Å². The predicted octanol–water partition coefficient (Wildman–Crippen LogP) is 3.45. The maximum Gasteiger partial charge on any atom is 0.231 e. The Labute approximate surface area is 147 Å². The van der Waals surface area contributed by atoms with Crippen molar-refractivity contribution in [1.82, 2.24) is 5.32 Å². The molecule has 1 N–H and O–H groups in total. The monoisotopic (exact) mass is 341 g/mol. The molecule has 0 bridgehead atoms. The number of rotatable bonds is 8. The summed E-state index contributed by atoms with van der Waals surface area (Å²) in [5.41, 5.74) is 2.28. The summed E-state index contributed by atoms with van der Waals surface area (Å²) in [6.07, 6.45) is 3.38. The fourth-order valence-corrected chi connectivity index (χ4v) is 2.75. The summed E-state index contributed by atoms with van der Waals surface area (Å²) >= 11 is 0. The molecule has 25 heavy (non-hydrogen) atoms. The molecule has 0 aliphatic carbocycles. The van der Waals surface area contributed by atoms with Crippen LogP contribution in [0.25, 0.3) is 0 Å². The fraction of sp³-hybridized carbons (Fsp3) is 0.350. The van der Waals surface area contributed by atoms with E-state index in [1.54, 1.807) is 7.11 Å². The van der Waals surface area contributed by atoms with Gasteiger partial charge in [-0.05, 0) is 54.7 Å². The molecule has 0 aromatic heterocycles. The SMILES string of the molecule is COc1ccc(CCCCC(=O)NCc2ccc3c(c2)OCO3)cc1. The topological polar surface area (TPSA) is 56.8 Å². The Balaban J connectivity index is 1.34. The lowest BCUT2D eigenvalue weighted by Crippen LogP contribution is -2.22. The molecule has 1 aliphatic rings. The highest BCUT2D eigenvalue weighted by atomic mass is 16.7. The summed E-state index contributed by atoms with van der Waals surface area (Å²) in [4.78, 5) is 12.0. The Morgan fingerprint density at radius 3 is 2.60 bits per heavy atom. The standard InChI is InChI=1S/C20H23NO4/c1-23-17-9-6-15(7-10-17)4-2-3-5-20(22)21-13-16-8-11-18-19(12-16)25-14-24-18/h6-12H,2-5,13-14H2,1H3,(H,21,22). The van der Waals surface area contributed by atoms with Gasteiger partial charge in [-0.2, -0.15) is 0 Å². The van der Waals surface area contributed by atoms with Crippen molar-refractivity contribution >= 4 is 5.91 Å². The lowest BCUT2D eigenvalue weighted by atomic mass is 10.1. The number of carbonyl (C=O) groups is 1. The lowest BCUT2D eigenvalue weighted by Gasteiger charge is -2.07. The molecule has 0 atom stereocenters. The minimum absolute atomic E-state index is 0.0763. The average molecular weight is 341 g/mol. The van der Waals surface area contributed by atoms with Gasteiger partial charge in [0.2, 0.25) is 12.7 Å². The maximum atomic E-state index is 12.0. The van der Waals surface area contributed by atoms with Crippen molar-refractivity contribution in [2.24, 2.45) is 0 Å². The average Bonchev–Trinajstić information content (AvgIpc) is 3.12. The van der Waals surface area contributed by atoms with E-state index < -0.39 is 0 Å². The second-order valence-corrected chi connectivity index (χ2v) is 6.02. The third-order valence-electron chi connectivity index (χ3n) is 4.21. The van der Waals surface area contributed by atoms with Crippen LogP contribution in [0.3, 0.4) is 0 Å². The molecule has 1 aliphatic heterocycles. The van der Waals surface area contributed by atoms with Gasteiger partial charge < -0.3 is 19.5 Å². The number of unbranched alkanes of at least 4 members (excludes halogenated alkanes) is 1. The third-order valence-corrected chi connectivity index (χ3v) is 4.21. The van der Waals surface area contributed by atoms with E-state index >= 15 is 0 Å². The van der Waals surface area contributed by atoms with Crippen LogP contribution in [0.2, 0.25) is 0 Å². The second-order valence-electron chi connectivity index (χ2n) is 6.02. The second kappa shape index (κ2) is 8.42. The van der Waals surface area contributed by atoms with Crippen molar-refractivity contribution in [3.63, 3.8) is 0 Å². The number of ether oxygens (including phenoxy) is 3. The fourth-order valence-electron chi connectivity index (χ4n) is 2.75. The molecule has 5 heteroatoms. The normalized spacial score (nSPS) is 12.0. The summed E-state index contributed by atoms with van der Waals surface area (Å²) in [7, 11) is 1.66. The van der Waals surface area contributed by atoms with Crippen molar-refractivity contribution in [1.29, 1.82) is 0 Å². The van der Waals surface area contributed by atoms with E-state index in [0.717, 1.165) is 42.1 Å². The van der Waals surface area contributed by atoms with E-state index in [9.17, 15) is 4.79 Å². The van der Waals surface area contributed by atoms with Crippen molar-refractivity contribution in [2.45, 2.75) is 32.2 Å². The molecule has 132 valence electrons. The van der Waals surface area contributed by atoms with Crippen molar-refractivity contribution in [2.75, 3.05) is 13.9 Å². The lowest BCUT2D eigenvalue weighted by molar-refractivity contribution is -0.121. The van der Waals surface area contributed by atoms with Crippen LogP contribution in [-0.2, 0) is 17.8 Å². The molecule has 1 amide bonds. The van der Waals surface area contributed by atoms with Crippen LogP contribution in [0.15, 0.2) is 42.5 Å². The summed E-state index contributed by atoms with van der Waals surface area (Å²) in [5.74, 6) is 2.44. The van der Waals surface area contributed by atoms with Gasteiger partial charge in [-0.1, -0.05) is 18.2 Å². The Morgan fingerprint density at radius 2 is 1.80 bits per heavy atom. The predicted molar refractivity (Wildman–Crippen MR) is 95.0 cm³/mol. The number of fused-ring (bicyclic) bond motifs is 1. The summed E-state index contributed by atoms with van der Waals surface area (Å²) in [5, 5.41) is 2.95. The van der Waals surface area contributed by atoms with Gasteiger partial charge in [0.15, 0.2) is 11.5 Å². The summed E-state index contributed by atoms with van der Waals surface area (Å²) in [6.45, 7) is 0.771. The molecule has 0 fully saturated rings. The van der Waals surface area contributed by atoms with Crippen molar-refractivity contribution in [3.05, 3.63) is 53.6 Å². The number of hydrogen-bond acceptors (Lipinski definition) is 4. The van der Waals surface area contributed by atoms with Gasteiger partial charge >= 0.3 is 0 Å². The highest BCUT2D eigenvalue weighted by molar-refractivity contribution is 5.75. The number of aryl methyl sites for hydroxylation is 1.